The second-order valence-electron chi connectivity index (χ2n) is 8.48. The van der Waals surface area contributed by atoms with E-state index in [2.05, 4.69) is 28.8 Å². The Kier molecular flexibility index (Phi) is 6.81. The highest BCUT2D eigenvalue weighted by molar-refractivity contribution is 7.09. The summed E-state index contributed by atoms with van der Waals surface area (Å²) >= 11 is 7.96. The molecule has 9 heteroatoms. The molecule has 0 aliphatic heterocycles. The third kappa shape index (κ3) is 4.74. The molecular formula is C25H26ClN5O2S. The van der Waals surface area contributed by atoms with Crippen LogP contribution < -0.4 is 10.3 Å². The van der Waals surface area contributed by atoms with Crippen LogP contribution in [0.2, 0.25) is 5.02 Å². The first-order chi connectivity index (χ1) is 16.2. The first-order valence-electron chi connectivity index (χ1n) is 10.9. The number of halogens is 1. The molecule has 0 radical (unpaired) electrons. The van der Waals surface area contributed by atoms with E-state index in [1.165, 1.54) is 15.9 Å². The molecule has 1 aromatic carbocycles. The van der Waals surface area contributed by atoms with Gasteiger partial charge < -0.3 is 4.74 Å². The molecule has 0 spiro atoms. The van der Waals surface area contributed by atoms with E-state index in [-0.39, 0.29) is 29.0 Å². The number of ether oxygens (including phenoxy) is 1. The molecular weight excluding hydrogens is 470 g/mol. The van der Waals surface area contributed by atoms with Crippen molar-refractivity contribution in [2.24, 2.45) is 0 Å². The molecule has 34 heavy (non-hydrogen) atoms. The van der Waals surface area contributed by atoms with Crippen LogP contribution in [0.1, 0.15) is 53.2 Å². The highest BCUT2D eigenvalue weighted by atomic mass is 35.5. The maximum absolute atomic E-state index is 13.3. The summed E-state index contributed by atoms with van der Waals surface area (Å²) in [6, 6.07) is 5.91. The molecule has 0 aliphatic carbocycles. The molecule has 0 saturated carbocycles. The average molecular weight is 496 g/mol. The van der Waals surface area contributed by atoms with Crippen LogP contribution >= 0.6 is 22.9 Å². The van der Waals surface area contributed by atoms with Gasteiger partial charge >= 0.3 is 0 Å². The summed E-state index contributed by atoms with van der Waals surface area (Å²) in [7, 11) is 0. The van der Waals surface area contributed by atoms with Crippen LogP contribution in [-0.2, 0) is 6.61 Å². The number of thiazole rings is 1. The second kappa shape index (κ2) is 9.64. The Labute approximate surface area is 207 Å². The number of hydrogen-bond donors (Lipinski definition) is 0. The van der Waals surface area contributed by atoms with Gasteiger partial charge in [-0.25, -0.2) is 15.0 Å². The smallest absolute Gasteiger partial charge is 0.280 e. The Morgan fingerprint density at radius 2 is 1.85 bits per heavy atom. The average Bonchev–Trinajstić information content (AvgIpc) is 3.22. The van der Waals surface area contributed by atoms with Crippen molar-refractivity contribution in [3.8, 4) is 22.8 Å². The van der Waals surface area contributed by atoms with E-state index >= 15 is 0 Å². The van der Waals surface area contributed by atoms with Gasteiger partial charge in [-0.3, -0.25) is 9.36 Å². The normalized spacial score (nSPS) is 11.3. The van der Waals surface area contributed by atoms with Gasteiger partial charge in [-0.2, -0.15) is 4.98 Å². The summed E-state index contributed by atoms with van der Waals surface area (Å²) in [6.45, 7) is 11.9. The monoisotopic (exact) mass is 495 g/mol. The summed E-state index contributed by atoms with van der Waals surface area (Å²) < 4.78 is 7.25. The number of benzene rings is 1. The minimum absolute atomic E-state index is 0.0670. The summed E-state index contributed by atoms with van der Waals surface area (Å²) in [4.78, 5) is 31.4. The van der Waals surface area contributed by atoms with Crippen molar-refractivity contribution in [2.45, 2.75) is 54.1 Å². The van der Waals surface area contributed by atoms with Gasteiger partial charge in [0.05, 0.1) is 22.1 Å². The van der Waals surface area contributed by atoms with E-state index in [0.717, 1.165) is 38.9 Å². The minimum atomic E-state index is -0.388. The fourth-order valence-electron chi connectivity index (χ4n) is 3.60. The molecule has 0 N–H and O–H groups in total. The Bertz CT molecular complexity index is 1430. The predicted octanol–water partition coefficient (Wildman–Crippen LogP) is 5.74. The van der Waals surface area contributed by atoms with Gasteiger partial charge in [0.1, 0.15) is 18.3 Å². The summed E-state index contributed by atoms with van der Waals surface area (Å²) in [5.74, 6) is 1.56. The van der Waals surface area contributed by atoms with Crippen LogP contribution in [0, 0.1) is 27.7 Å². The van der Waals surface area contributed by atoms with Crippen molar-refractivity contribution in [3.05, 3.63) is 78.6 Å². The van der Waals surface area contributed by atoms with Gasteiger partial charge in [0.25, 0.3) is 5.56 Å². The number of rotatable bonds is 6. The van der Waals surface area contributed by atoms with Gasteiger partial charge in [-0.15, -0.1) is 11.3 Å². The van der Waals surface area contributed by atoms with E-state index < -0.39 is 0 Å². The van der Waals surface area contributed by atoms with E-state index in [4.69, 9.17) is 21.3 Å². The van der Waals surface area contributed by atoms with Crippen LogP contribution in [0.3, 0.4) is 0 Å². The third-order valence-electron chi connectivity index (χ3n) is 5.42. The lowest BCUT2D eigenvalue weighted by atomic mass is 10.0. The van der Waals surface area contributed by atoms with E-state index in [0.29, 0.717) is 11.5 Å². The molecule has 0 bridgehead atoms. The molecule has 4 aromatic rings. The maximum Gasteiger partial charge on any atom is 0.280 e. The lowest BCUT2D eigenvalue weighted by molar-refractivity contribution is 0.287. The summed E-state index contributed by atoms with van der Waals surface area (Å²) in [5.41, 5.74) is 4.68. The van der Waals surface area contributed by atoms with Crippen LogP contribution in [0.5, 0.6) is 5.88 Å². The fourth-order valence-corrected chi connectivity index (χ4v) is 4.38. The molecule has 0 fully saturated rings. The molecule has 4 rings (SSSR count). The van der Waals surface area contributed by atoms with E-state index in [9.17, 15) is 4.79 Å². The molecule has 0 amide bonds. The van der Waals surface area contributed by atoms with E-state index in [1.54, 1.807) is 6.92 Å². The highest BCUT2D eigenvalue weighted by Gasteiger charge is 2.18. The zero-order valence-corrected chi connectivity index (χ0v) is 21.6. The Balaban J connectivity index is 1.76. The minimum Gasteiger partial charge on any atom is -0.470 e. The third-order valence-corrected chi connectivity index (χ3v) is 6.56. The Morgan fingerprint density at radius 1 is 1.09 bits per heavy atom. The lowest BCUT2D eigenvalue weighted by Gasteiger charge is -2.16. The maximum atomic E-state index is 13.3. The molecule has 0 aliphatic rings. The molecule has 3 heterocycles. The molecule has 176 valence electrons. The lowest BCUT2D eigenvalue weighted by Crippen LogP contribution is -2.24. The first kappa shape index (κ1) is 24.0. The second-order valence-corrected chi connectivity index (χ2v) is 9.92. The topological polar surface area (TPSA) is 82.8 Å². The van der Waals surface area contributed by atoms with Crippen molar-refractivity contribution in [2.75, 3.05) is 0 Å². The molecule has 0 atom stereocenters. The van der Waals surface area contributed by atoms with Gasteiger partial charge in [0.15, 0.2) is 5.02 Å². The van der Waals surface area contributed by atoms with Crippen molar-refractivity contribution < 1.29 is 4.74 Å². The SMILES string of the molecule is Cc1nc(COc2nc(C)n(-c3cc(-c4nc(C(C)C)ncc4C)ccc3C)c(=O)c2Cl)cs1. The molecule has 0 saturated heterocycles. The molecule has 7 nitrogen and oxygen atoms in total. The van der Waals surface area contributed by atoms with E-state index in [1.807, 2.05) is 50.5 Å². The molecule has 3 aromatic heterocycles. The molecule has 0 unspecified atom stereocenters. The van der Waals surface area contributed by atoms with Gasteiger partial charge in [-0.1, -0.05) is 37.6 Å². The summed E-state index contributed by atoms with van der Waals surface area (Å²) in [6.07, 6.45) is 1.84. The summed E-state index contributed by atoms with van der Waals surface area (Å²) in [5, 5.41) is 2.79. The zero-order chi connectivity index (χ0) is 24.6. The largest absolute Gasteiger partial charge is 0.470 e. The predicted molar refractivity (Wildman–Crippen MR) is 135 cm³/mol. The first-order valence-corrected chi connectivity index (χ1v) is 12.2. The number of hydrogen-bond acceptors (Lipinski definition) is 7. The number of nitrogens with zero attached hydrogens (tertiary/aromatic N) is 5. The van der Waals surface area contributed by atoms with Crippen LogP contribution in [0.15, 0.2) is 34.6 Å². The van der Waals surface area contributed by atoms with Crippen molar-refractivity contribution in [1.82, 2.24) is 24.5 Å². The van der Waals surface area contributed by atoms with Crippen LogP contribution in [-0.4, -0.2) is 24.5 Å². The highest BCUT2D eigenvalue weighted by Crippen LogP contribution is 2.28. The number of aryl methyl sites for hydroxylation is 4. The van der Waals surface area contributed by atoms with Gasteiger partial charge in [-0.05, 0) is 44.9 Å². The van der Waals surface area contributed by atoms with Gasteiger partial charge in [0.2, 0.25) is 5.88 Å². The Morgan fingerprint density at radius 3 is 2.53 bits per heavy atom. The van der Waals surface area contributed by atoms with Crippen LogP contribution in [0.4, 0.5) is 0 Å². The van der Waals surface area contributed by atoms with Crippen molar-refractivity contribution >= 4 is 22.9 Å². The van der Waals surface area contributed by atoms with Gasteiger partial charge in [0, 0.05) is 23.1 Å². The van der Waals surface area contributed by atoms with Crippen LogP contribution in [0.25, 0.3) is 16.9 Å². The fraction of sp³-hybridized carbons (Fsp3) is 0.320. The van der Waals surface area contributed by atoms with Crippen molar-refractivity contribution in [1.29, 1.82) is 0 Å². The van der Waals surface area contributed by atoms with Crippen molar-refractivity contribution in [3.63, 3.8) is 0 Å². The number of aromatic nitrogens is 5. The quantitative estimate of drug-likeness (QED) is 0.339. The zero-order valence-electron chi connectivity index (χ0n) is 20.0. The standard InChI is InChI=1S/C25H26ClN5O2S/c1-13(2)23-27-10-15(4)22(30-23)18-8-7-14(3)20(9-18)31-16(5)28-24(21(26)25(31)32)33-11-19-12-34-17(6)29-19/h7-10,12-13H,11H2,1-6H3. The Hall–Kier alpha value is -3.10.